The van der Waals surface area contributed by atoms with Gasteiger partial charge in [-0.05, 0) is 31.9 Å². The Kier molecular flexibility index (Phi) is 6.23. The lowest BCUT2D eigenvalue weighted by molar-refractivity contribution is -0.120. The zero-order chi connectivity index (χ0) is 17.7. The number of aryl methyl sites for hydroxylation is 1. The van der Waals surface area contributed by atoms with Gasteiger partial charge in [0, 0.05) is 20.1 Å². The highest BCUT2D eigenvalue weighted by molar-refractivity contribution is 7.90. The molecule has 0 atom stereocenters. The number of nitrogens with zero attached hydrogens (tertiary/aromatic N) is 2. The van der Waals surface area contributed by atoms with Gasteiger partial charge in [-0.15, -0.1) is 0 Å². The van der Waals surface area contributed by atoms with Crippen LogP contribution in [0.3, 0.4) is 0 Å². The number of anilines is 1. The average molecular weight is 353 g/mol. The maximum atomic E-state index is 12.6. The fraction of sp³-hybridized carbons (Fsp3) is 0.588. The summed E-state index contributed by atoms with van der Waals surface area (Å²) in [4.78, 5) is 12.4. The molecule has 134 valence electrons. The predicted octanol–water partition coefficient (Wildman–Crippen LogP) is 2.06. The molecule has 1 fully saturated rings. The van der Waals surface area contributed by atoms with Crippen LogP contribution in [0.1, 0.15) is 37.7 Å². The van der Waals surface area contributed by atoms with Gasteiger partial charge >= 0.3 is 10.2 Å². The Hall–Kier alpha value is -1.60. The molecular weight excluding hydrogens is 326 g/mol. The lowest BCUT2D eigenvalue weighted by Gasteiger charge is -2.28. The summed E-state index contributed by atoms with van der Waals surface area (Å²) in [5.41, 5.74) is 1.53. The Morgan fingerprint density at radius 2 is 1.71 bits per heavy atom. The quantitative estimate of drug-likeness (QED) is 0.851. The molecule has 0 bridgehead atoms. The Morgan fingerprint density at radius 3 is 2.25 bits per heavy atom. The van der Waals surface area contributed by atoms with Crippen LogP contribution in [0.4, 0.5) is 5.69 Å². The van der Waals surface area contributed by atoms with E-state index in [-0.39, 0.29) is 18.5 Å². The van der Waals surface area contributed by atoms with Gasteiger partial charge in [-0.1, -0.05) is 37.0 Å². The molecule has 6 nitrogen and oxygen atoms in total. The highest BCUT2D eigenvalue weighted by Crippen LogP contribution is 2.21. The Morgan fingerprint density at radius 1 is 1.12 bits per heavy atom. The smallest absolute Gasteiger partial charge is 0.304 e. The molecule has 7 heteroatoms. The molecule has 1 N–H and O–H groups in total. The number of hydrogen-bond acceptors (Lipinski definition) is 3. The van der Waals surface area contributed by atoms with E-state index in [1.807, 2.05) is 19.1 Å². The molecule has 24 heavy (non-hydrogen) atoms. The lowest BCUT2D eigenvalue weighted by Crippen LogP contribution is -2.48. The first-order valence-electron chi connectivity index (χ1n) is 8.37. The van der Waals surface area contributed by atoms with Crippen LogP contribution >= 0.6 is 0 Å². The molecule has 1 aliphatic carbocycles. The van der Waals surface area contributed by atoms with Crippen molar-refractivity contribution < 1.29 is 13.2 Å². The molecule has 0 radical (unpaired) electrons. The second-order valence-corrected chi connectivity index (χ2v) is 8.60. The fourth-order valence-electron chi connectivity index (χ4n) is 2.86. The van der Waals surface area contributed by atoms with Gasteiger partial charge in [-0.25, -0.2) is 4.31 Å². The molecule has 0 unspecified atom stereocenters. The second-order valence-electron chi connectivity index (χ2n) is 6.53. The monoisotopic (exact) mass is 353 g/mol. The summed E-state index contributed by atoms with van der Waals surface area (Å²) in [5.74, 6) is -0.257. The zero-order valence-corrected chi connectivity index (χ0v) is 15.5. The third kappa shape index (κ3) is 4.70. The summed E-state index contributed by atoms with van der Waals surface area (Å²) in [5, 5.41) is 2.98. The SMILES string of the molecule is Cc1ccc(N(CC(=O)NC2CCCCC2)S(=O)(=O)N(C)C)cc1. The Labute approximate surface area is 145 Å². The minimum Gasteiger partial charge on any atom is -0.352 e. The van der Waals surface area contributed by atoms with Crippen molar-refractivity contribution >= 4 is 21.8 Å². The standard InChI is InChI=1S/C17H27N3O3S/c1-14-9-11-16(12-10-14)20(24(22,23)19(2)3)13-17(21)18-15-7-5-4-6-8-15/h9-12,15H,4-8,13H2,1-3H3,(H,18,21). The van der Waals surface area contributed by atoms with Crippen LogP contribution in [0.15, 0.2) is 24.3 Å². The van der Waals surface area contributed by atoms with Crippen LogP contribution in [-0.2, 0) is 15.0 Å². The van der Waals surface area contributed by atoms with Crippen molar-refractivity contribution in [1.29, 1.82) is 0 Å². The van der Waals surface area contributed by atoms with Crippen molar-refractivity contribution in [2.24, 2.45) is 0 Å². The highest BCUT2D eigenvalue weighted by atomic mass is 32.2. The Balaban J connectivity index is 2.16. The number of hydrogen-bond donors (Lipinski definition) is 1. The predicted molar refractivity (Wildman–Crippen MR) is 96.1 cm³/mol. The average Bonchev–Trinajstić information content (AvgIpc) is 2.54. The topological polar surface area (TPSA) is 69.7 Å². The summed E-state index contributed by atoms with van der Waals surface area (Å²) < 4.78 is 27.5. The molecular formula is C17H27N3O3S. The van der Waals surface area contributed by atoms with E-state index < -0.39 is 10.2 Å². The molecule has 1 aliphatic rings. The van der Waals surface area contributed by atoms with E-state index in [0.717, 1.165) is 39.9 Å². The van der Waals surface area contributed by atoms with Crippen molar-refractivity contribution in [3.8, 4) is 0 Å². The molecule has 1 amide bonds. The molecule has 1 aromatic carbocycles. The first-order chi connectivity index (χ1) is 11.3. The molecule has 1 aromatic rings. The van der Waals surface area contributed by atoms with Crippen LogP contribution in [0.5, 0.6) is 0 Å². The third-order valence-corrected chi connectivity index (χ3v) is 6.14. The largest absolute Gasteiger partial charge is 0.352 e. The van der Waals surface area contributed by atoms with Crippen molar-refractivity contribution in [3.63, 3.8) is 0 Å². The molecule has 2 rings (SSSR count). The normalized spacial score (nSPS) is 16.2. The third-order valence-electron chi connectivity index (χ3n) is 4.32. The van der Waals surface area contributed by atoms with Gasteiger partial charge < -0.3 is 5.32 Å². The van der Waals surface area contributed by atoms with Gasteiger partial charge in [0.05, 0.1) is 5.69 Å². The van der Waals surface area contributed by atoms with Crippen LogP contribution < -0.4 is 9.62 Å². The molecule has 0 spiro atoms. The lowest BCUT2D eigenvalue weighted by atomic mass is 9.95. The molecule has 0 aliphatic heterocycles. The minimum atomic E-state index is -3.73. The van der Waals surface area contributed by atoms with Crippen LogP contribution in [0, 0.1) is 6.92 Å². The van der Waals surface area contributed by atoms with Gasteiger partial charge in [0.1, 0.15) is 6.54 Å². The highest BCUT2D eigenvalue weighted by Gasteiger charge is 2.28. The van der Waals surface area contributed by atoms with E-state index >= 15 is 0 Å². The molecule has 1 saturated carbocycles. The van der Waals surface area contributed by atoms with Gasteiger partial charge in [-0.2, -0.15) is 12.7 Å². The minimum absolute atomic E-state index is 0.160. The number of carbonyl (C=O) groups excluding carboxylic acids is 1. The summed E-state index contributed by atoms with van der Waals surface area (Å²) >= 11 is 0. The zero-order valence-electron chi connectivity index (χ0n) is 14.7. The molecule has 0 heterocycles. The van der Waals surface area contributed by atoms with Crippen LogP contribution in [0.2, 0.25) is 0 Å². The van der Waals surface area contributed by atoms with Crippen molar-refractivity contribution in [2.45, 2.75) is 45.1 Å². The van der Waals surface area contributed by atoms with Gasteiger partial charge in [-0.3, -0.25) is 4.79 Å². The number of rotatable bonds is 6. The first-order valence-corrected chi connectivity index (χ1v) is 9.76. The van der Waals surface area contributed by atoms with E-state index in [1.54, 1.807) is 12.1 Å². The second kappa shape index (κ2) is 7.98. The summed E-state index contributed by atoms with van der Waals surface area (Å²) in [6, 6.07) is 7.29. The maximum Gasteiger partial charge on any atom is 0.304 e. The summed E-state index contributed by atoms with van der Waals surface area (Å²) in [7, 11) is -0.799. The molecule has 0 aromatic heterocycles. The molecule has 0 saturated heterocycles. The van der Waals surface area contributed by atoms with Gasteiger partial charge in [0.2, 0.25) is 5.91 Å². The summed E-state index contributed by atoms with van der Waals surface area (Å²) in [6.45, 7) is 1.73. The summed E-state index contributed by atoms with van der Waals surface area (Å²) in [6.07, 6.45) is 5.37. The van der Waals surface area contributed by atoms with E-state index in [9.17, 15) is 13.2 Å². The number of amides is 1. The van der Waals surface area contributed by atoms with E-state index in [0.29, 0.717) is 5.69 Å². The van der Waals surface area contributed by atoms with Crippen molar-refractivity contribution in [1.82, 2.24) is 9.62 Å². The van der Waals surface area contributed by atoms with Crippen LogP contribution in [-0.4, -0.2) is 45.3 Å². The van der Waals surface area contributed by atoms with Gasteiger partial charge in [0.15, 0.2) is 0 Å². The van der Waals surface area contributed by atoms with Crippen molar-refractivity contribution in [2.75, 3.05) is 24.9 Å². The van der Waals surface area contributed by atoms with E-state index in [4.69, 9.17) is 0 Å². The first kappa shape index (κ1) is 18.7. The van der Waals surface area contributed by atoms with E-state index in [2.05, 4.69) is 5.32 Å². The fourth-order valence-corrected chi connectivity index (χ4v) is 3.93. The Bertz CT molecular complexity index is 650. The van der Waals surface area contributed by atoms with E-state index in [1.165, 1.54) is 20.5 Å². The van der Waals surface area contributed by atoms with Gasteiger partial charge in [0.25, 0.3) is 0 Å². The number of nitrogens with one attached hydrogen (secondary N) is 1. The number of benzene rings is 1. The van der Waals surface area contributed by atoms with Crippen molar-refractivity contribution in [3.05, 3.63) is 29.8 Å². The van der Waals surface area contributed by atoms with Crippen LogP contribution in [0.25, 0.3) is 0 Å². The number of carbonyl (C=O) groups is 1. The maximum absolute atomic E-state index is 12.6.